The van der Waals surface area contributed by atoms with Crippen molar-refractivity contribution in [3.05, 3.63) is 0 Å². The molecule has 6 nitrogen and oxygen atoms in total. The first-order valence-corrected chi connectivity index (χ1v) is 4.50. The molecule has 0 aromatic carbocycles. The van der Waals surface area contributed by atoms with E-state index in [2.05, 4.69) is 0 Å². The fourth-order valence-electron chi connectivity index (χ4n) is 1.28. The molecule has 0 aliphatic rings. The van der Waals surface area contributed by atoms with Gasteiger partial charge < -0.3 is 27.0 Å². The third kappa shape index (κ3) is 5.51. The molecule has 0 fully saturated rings. The Morgan fingerprint density at radius 2 is 1.13 bits per heavy atom. The van der Waals surface area contributed by atoms with E-state index in [4.69, 9.17) is 25.5 Å². The van der Waals surface area contributed by atoms with Crippen molar-refractivity contribution in [3.8, 4) is 0 Å². The molecule has 0 saturated heterocycles. The number of rotatable bonds is 8. The van der Waals surface area contributed by atoms with Crippen LogP contribution < -0.4 is 51.4 Å². The van der Waals surface area contributed by atoms with Gasteiger partial charge in [0.2, 0.25) is 0 Å². The molecule has 0 rings (SSSR count). The van der Waals surface area contributed by atoms with Gasteiger partial charge in [-0.15, -0.1) is 0 Å². The third-order valence-electron chi connectivity index (χ3n) is 2.29. The summed E-state index contributed by atoms with van der Waals surface area (Å²) in [6, 6.07) is 0. The van der Waals surface area contributed by atoms with E-state index in [0.29, 0.717) is 0 Å². The zero-order chi connectivity index (χ0) is 11.0. The number of aliphatic hydroxyl groups excluding tert-OH is 5. The Morgan fingerprint density at radius 3 is 1.33 bits per heavy atom. The van der Waals surface area contributed by atoms with Crippen molar-refractivity contribution >= 4 is 0 Å². The predicted molar refractivity (Wildman–Crippen MR) is 50.8 cm³/mol. The van der Waals surface area contributed by atoms with E-state index >= 15 is 0 Å². The Bertz CT molecular complexity index is 136. The molecule has 88 valence electrons. The summed E-state index contributed by atoms with van der Waals surface area (Å²) in [6.45, 7) is -1.26. The Hall–Kier alpha value is 1.40. The fraction of sp³-hybridized carbons (Fsp3) is 1.00. The Balaban J connectivity index is -0.000000845. The van der Waals surface area contributed by atoms with Crippen molar-refractivity contribution in [2.45, 2.75) is 5.54 Å². The average molecular weight is 249 g/mol. The maximum Gasteiger partial charge on any atom is 1.00 e. The molecule has 0 radical (unpaired) electrons. The monoisotopic (exact) mass is 249 g/mol. The molecule has 0 aliphatic heterocycles. The van der Waals surface area contributed by atoms with Crippen molar-refractivity contribution in [2.75, 3.05) is 46.1 Å². The van der Waals surface area contributed by atoms with E-state index in [1.54, 1.807) is 0 Å². The Morgan fingerprint density at radius 1 is 0.800 bits per heavy atom. The summed E-state index contributed by atoms with van der Waals surface area (Å²) in [5, 5.41) is 44.7. The average Bonchev–Trinajstić information content (AvgIpc) is 2.22. The van der Waals surface area contributed by atoms with Gasteiger partial charge in [-0.1, -0.05) is 0 Å². The topological polar surface area (TPSA) is 104 Å². The van der Waals surface area contributed by atoms with E-state index in [1.165, 1.54) is 4.90 Å². The van der Waals surface area contributed by atoms with Gasteiger partial charge in [0.15, 0.2) is 0 Å². The van der Waals surface area contributed by atoms with E-state index in [1.807, 2.05) is 0 Å². The second-order valence-corrected chi connectivity index (χ2v) is 3.13. The van der Waals surface area contributed by atoms with Crippen LogP contribution in [0.25, 0.3) is 0 Å². The molecule has 0 aromatic rings. The molecule has 0 spiro atoms. The van der Waals surface area contributed by atoms with Crippen LogP contribution in [-0.4, -0.2) is 82.1 Å². The van der Waals surface area contributed by atoms with E-state index < -0.39 is 25.4 Å². The van der Waals surface area contributed by atoms with Crippen LogP contribution in [-0.2, 0) is 0 Å². The first-order valence-electron chi connectivity index (χ1n) is 4.50. The number of hydrogen-bond donors (Lipinski definition) is 5. The molecular weight excluding hydrogens is 229 g/mol. The molecule has 0 amide bonds. The number of nitrogens with zero attached hydrogens (tertiary/aromatic N) is 1. The molecule has 0 aromatic heterocycles. The van der Waals surface area contributed by atoms with Gasteiger partial charge in [0.05, 0.1) is 38.6 Å². The molecule has 0 atom stereocenters. The van der Waals surface area contributed by atoms with Crippen LogP contribution >= 0.6 is 0 Å². The van der Waals surface area contributed by atoms with Crippen LogP contribution in [0.3, 0.4) is 0 Å². The summed E-state index contributed by atoms with van der Waals surface area (Å²) in [6.07, 6.45) is 0. The second-order valence-electron chi connectivity index (χ2n) is 3.13. The van der Waals surface area contributed by atoms with E-state index in [-0.39, 0.29) is 79.1 Å². The fourth-order valence-corrected chi connectivity index (χ4v) is 1.28. The maximum atomic E-state index is 9.08. The number of β-amino-alcohol motifs (C(OH)–C–C–N with tert-alkyl or cyclic N) is 2. The summed E-state index contributed by atoms with van der Waals surface area (Å²) in [7, 11) is 0. The first kappa shape index (κ1) is 18.8. The summed E-state index contributed by atoms with van der Waals surface area (Å²) >= 11 is 0. The van der Waals surface area contributed by atoms with Gasteiger partial charge in [0.25, 0.3) is 0 Å². The zero-order valence-corrected chi connectivity index (χ0v) is 12.3. The smallest absolute Gasteiger partial charge is 1.00 e. The quantitative estimate of drug-likeness (QED) is 0.274. The van der Waals surface area contributed by atoms with Crippen LogP contribution in [0.4, 0.5) is 0 Å². The summed E-state index contributed by atoms with van der Waals surface area (Å²) < 4.78 is 0. The van der Waals surface area contributed by atoms with Crippen molar-refractivity contribution in [2.24, 2.45) is 0 Å². The van der Waals surface area contributed by atoms with Gasteiger partial charge in [-0.2, -0.15) is 0 Å². The van der Waals surface area contributed by atoms with Gasteiger partial charge >= 0.3 is 51.4 Å². The Kier molecular flexibility index (Phi) is 13.2. The minimum atomic E-state index is -1.18. The van der Waals surface area contributed by atoms with Gasteiger partial charge in [-0.25, -0.2) is 0 Å². The standard InChI is InChI=1S/C8H19NO5.K.H/c10-3-1-9(2-4-11)8(5-12,6-13)7-14;;/h10-14H,1-7H2;;/q;+1;-1. The molecule has 5 N–H and O–H groups in total. The van der Waals surface area contributed by atoms with Crippen molar-refractivity contribution in [3.63, 3.8) is 0 Å². The molecule has 0 saturated carbocycles. The van der Waals surface area contributed by atoms with Crippen LogP contribution in [0.2, 0.25) is 0 Å². The molecule has 15 heavy (non-hydrogen) atoms. The summed E-state index contributed by atoms with van der Waals surface area (Å²) in [4.78, 5) is 1.47. The minimum Gasteiger partial charge on any atom is -1.00 e. The van der Waals surface area contributed by atoms with Gasteiger partial charge in [-0.3, -0.25) is 4.90 Å². The van der Waals surface area contributed by atoms with Crippen molar-refractivity contribution in [1.82, 2.24) is 4.90 Å². The van der Waals surface area contributed by atoms with Gasteiger partial charge in [-0.05, 0) is 0 Å². The summed E-state index contributed by atoms with van der Waals surface area (Å²) in [5.41, 5.74) is -1.18. The summed E-state index contributed by atoms with van der Waals surface area (Å²) in [5.74, 6) is 0. The normalized spacial score (nSPS) is 11.6. The van der Waals surface area contributed by atoms with Crippen LogP contribution in [0.15, 0.2) is 0 Å². The van der Waals surface area contributed by atoms with E-state index in [9.17, 15) is 0 Å². The van der Waals surface area contributed by atoms with Crippen LogP contribution in [0.1, 0.15) is 1.43 Å². The predicted octanol–water partition coefficient (Wildman–Crippen LogP) is -5.89. The second kappa shape index (κ2) is 10.5. The number of aliphatic hydroxyl groups is 5. The maximum absolute atomic E-state index is 9.08. The van der Waals surface area contributed by atoms with Crippen LogP contribution in [0, 0.1) is 0 Å². The first-order chi connectivity index (χ1) is 6.70. The third-order valence-corrected chi connectivity index (χ3v) is 2.29. The molecule has 0 unspecified atom stereocenters. The van der Waals surface area contributed by atoms with Crippen molar-refractivity contribution < 1.29 is 78.3 Å². The van der Waals surface area contributed by atoms with Crippen LogP contribution in [0.5, 0.6) is 0 Å². The largest absolute Gasteiger partial charge is 1.00 e. The molecule has 0 aliphatic carbocycles. The molecule has 0 bridgehead atoms. The number of hydrogen-bond acceptors (Lipinski definition) is 6. The zero-order valence-electron chi connectivity index (χ0n) is 10.1. The molecule has 7 heteroatoms. The van der Waals surface area contributed by atoms with E-state index in [0.717, 1.165) is 0 Å². The SMILES string of the molecule is OCCN(CCO)C(CO)(CO)CO.[H-].[K+]. The minimum absolute atomic E-state index is 0. The van der Waals surface area contributed by atoms with Gasteiger partial charge in [0.1, 0.15) is 0 Å². The van der Waals surface area contributed by atoms with Gasteiger partial charge in [0, 0.05) is 13.1 Å². The molecule has 0 heterocycles. The molecular formula is C8H20KNO5. The van der Waals surface area contributed by atoms with Crippen molar-refractivity contribution in [1.29, 1.82) is 0 Å². The Labute approximate surface area is 133 Å².